The number of ether oxygens (including phenoxy) is 2. The van der Waals surface area contributed by atoms with Crippen LogP contribution in [0.25, 0.3) is 11.1 Å². The van der Waals surface area contributed by atoms with Gasteiger partial charge >= 0.3 is 0 Å². The Morgan fingerprint density at radius 1 is 1.04 bits per heavy atom. The number of benzene rings is 2. The number of quaternary nitrogens is 1. The molecular weight excluding hydrogens is 413 g/mol. The predicted octanol–water partition coefficient (Wildman–Crippen LogP) is 0.604. The van der Waals surface area contributed by atoms with Gasteiger partial charge in [0.15, 0.2) is 11.5 Å². The third-order valence-electron chi connectivity index (χ3n) is 5.63. The van der Waals surface area contributed by atoms with Crippen LogP contribution in [0.4, 0.5) is 0 Å². The molecule has 0 aromatic heterocycles. The maximum absolute atomic E-state index is 5.80. The Balaban J connectivity index is 0.00000169. The minimum absolute atomic E-state index is 0. The fourth-order valence-electron chi connectivity index (χ4n) is 4.33. The zero-order valence-electron chi connectivity index (χ0n) is 14.7. The molecule has 0 fully saturated rings. The fourth-order valence-corrected chi connectivity index (χ4v) is 4.33. The van der Waals surface area contributed by atoms with Crippen LogP contribution in [0.5, 0.6) is 11.5 Å². The van der Waals surface area contributed by atoms with Gasteiger partial charge in [0.1, 0.15) is 6.04 Å². The SMILES string of the molecule is COc1cc2c3c(c1OC)-c1ccccc1CC3[N+](C)(C)CC2.[I-]. The Bertz CT molecular complexity index is 785. The zero-order valence-corrected chi connectivity index (χ0v) is 16.9. The van der Waals surface area contributed by atoms with Crippen molar-refractivity contribution in [3.63, 3.8) is 0 Å². The summed E-state index contributed by atoms with van der Waals surface area (Å²) in [6.07, 6.45) is 2.19. The van der Waals surface area contributed by atoms with Gasteiger partial charge in [-0.15, -0.1) is 0 Å². The van der Waals surface area contributed by atoms with E-state index in [-0.39, 0.29) is 24.0 Å². The minimum Gasteiger partial charge on any atom is -1.00 e. The lowest BCUT2D eigenvalue weighted by molar-refractivity contribution is -0.923. The number of hydrogen-bond donors (Lipinski definition) is 0. The second-order valence-corrected chi connectivity index (χ2v) is 7.19. The topological polar surface area (TPSA) is 18.5 Å². The molecule has 24 heavy (non-hydrogen) atoms. The highest BCUT2D eigenvalue weighted by molar-refractivity contribution is 5.83. The molecule has 0 amide bonds. The third kappa shape index (κ3) is 2.42. The molecule has 3 nitrogen and oxygen atoms in total. The highest BCUT2D eigenvalue weighted by atomic mass is 127. The van der Waals surface area contributed by atoms with E-state index in [4.69, 9.17) is 9.47 Å². The van der Waals surface area contributed by atoms with Gasteiger partial charge in [-0.1, -0.05) is 24.3 Å². The van der Waals surface area contributed by atoms with Gasteiger partial charge in [0, 0.05) is 24.0 Å². The summed E-state index contributed by atoms with van der Waals surface area (Å²) in [5.41, 5.74) is 6.86. The second-order valence-electron chi connectivity index (χ2n) is 7.19. The summed E-state index contributed by atoms with van der Waals surface area (Å²) in [6.45, 7) is 1.16. The molecule has 2 aromatic rings. The number of fused-ring (bicyclic) bond motifs is 2. The number of likely N-dealkylation sites (N-methyl/N-ethyl adjacent to an activating group) is 1. The highest BCUT2D eigenvalue weighted by Crippen LogP contribution is 2.53. The molecule has 2 aromatic carbocycles. The largest absolute Gasteiger partial charge is 1.00 e. The van der Waals surface area contributed by atoms with Crippen LogP contribution >= 0.6 is 0 Å². The van der Waals surface area contributed by atoms with Gasteiger partial charge in [-0.3, -0.25) is 0 Å². The van der Waals surface area contributed by atoms with Crippen molar-refractivity contribution in [3.05, 3.63) is 47.0 Å². The lowest BCUT2D eigenvalue weighted by Crippen LogP contribution is -3.00. The summed E-state index contributed by atoms with van der Waals surface area (Å²) in [6, 6.07) is 11.4. The molecule has 0 N–H and O–H groups in total. The molecule has 0 bridgehead atoms. The average molecular weight is 437 g/mol. The smallest absolute Gasteiger partial charge is 0.169 e. The monoisotopic (exact) mass is 437 g/mol. The van der Waals surface area contributed by atoms with E-state index in [2.05, 4.69) is 44.4 Å². The van der Waals surface area contributed by atoms with Crippen molar-refractivity contribution < 1.29 is 37.9 Å². The molecule has 1 heterocycles. The fraction of sp³-hybridized carbons (Fsp3) is 0.400. The molecule has 0 saturated carbocycles. The Kier molecular flexibility index (Phi) is 4.55. The molecule has 1 atom stereocenters. The van der Waals surface area contributed by atoms with E-state index in [0.29, 0.717) is 6.04 Å². The van der Waals surface area contributed by atoms with Crippen LogP contribution in [-0.2, 0) is 12.8 Å². The molecule has 4 rings (SSSR count). The van der Waals surface area contributed by atoms with E-state index in [0.717, 1.165) is 35.4 Å². The van der Waals surface area contributed by atoms with E-state index in [1.165, 1.54) is 27.8 Å². The molecule has 2 aliphatic rings. The molecule has 1 aliphatic carbocycles. The molecule has 128 valence electrons. The van der Waals surface area contributed by atoms with Crippen molar-refractivity contribution in [1.82, 2.24) is 0 Å². The Hall–Kier alpha value is -1.27. The first-order valence-corrected chi connectivity index (χ1v) is 8.25. The maximum atomic E-state index is 5.80. The van der Waals surface area contributed by atoms with Crippen molar-refractivity contribution in [1.29, 1.82) is 0 Å². The summed E-state index contributed by atoms with van der Waals surface area (Å²) in [5.74, 6) is 1.73. The van der Waals surface area contributed by atoms with Gasteiger partial charge in [-0.2, -0.15) is 0 Å². The zero-order chi connectivity index (χ0) is 16.2. The van der Waals surface area contributed by atoms with Gasteiger partial charge in [0.2, 0.25) is 0 Å². The van der Waals surface area contributed by atoms with Crippen molar-refractivity contribution in [2.24, 2.45) is 0 Å². The Labute approximate surface area is 161 Å². The summed E-state index contributed by atoms with van der Waals surface area (Å²) in [5, 5.41) is 0. The van der Waals surface area contributed by atoms with Crippen LogP contribution in [0.3, 0.4) is 0 Å². The van der Waals surface area contributed by atoms with Crippen molar-refractivity contribution in [2.75, 3.05) is 34.9 Å². The maximum Gasteiger partial charge on any atom is 0.169 e. The third-order valence-corrected chi connectivity index (χ3v) is 5.63. The minimum atomic E-state index is 0. The number of methoxy groups -OCH3 is 2. The summed E-state index contributed by atoms with van der Waals surface area (Å²) < 4.78 is 12.5. The van der Waals surface area contributed by atoms with Crippen molar-refractivity contribution in [2.45, 2.75) is 18.9 Å². The van der Waals surface area contributed by atoms with E-state index in [1.807, 2.05) is 0 Å². The van der Waals surface area contributed by atoms with E-state index in [9.17, 15) is 0 Å². The second kappa shape index (κ2) is 6.23. The van der Waals surface area contributed by atoms with E-state index < -0.39 is 0 Å². The quantitative estimate of drug-likeness (QED) is 0.507. The van der Waals surface area contributed by atoms with Gasteiger partial charge < -0.3 is 37.9 Å². The van der Waals surface area contributed by atoms with Crippen LogP contribution in [0.2, 0.25) is 0 Å². The van der Waals surface area contributed by atoms with E-state index >= 15 is 0 Å². The van der Waals surface area contributed by atoms with Crippen LogP contribution in [0.15, 0.2) is 30.3 Å². The summed E-state index contributed by atoms with van der Waals surface area (Å²) >= 11 is 0. The molecular formula is C20H24INO2. The molecule has 0 radical (unpaired) electrons. The summed E-state index contributed by atoms with van der Waals surface area (Å²) in [7, 11) is 8.17. The molecule has 1 unspecified atom stereocenters. The average Bonchev–Trinajstić information content (AvgIpc) is 2.57. The normalized spacial score (nSPS) is 19.6. The van der Waals surface area contributed by atoms with Gasteiger partial charge in [-0.25, -0.2) is 0 Å². The predicted molar refractivity (Wildman–Crippen MR) is 92.1 cm³/mol. The van der Waals surface area contributed by atoms with Crippen LogP contribution in [0, 0.1) is 0 Å². The van der Waals surface area contributed by atoms with Crippen molar-refractivity contribution in [3.8, 4) is 22.6 Å². The first-order valence-electron chi connectivity index (χ1n) is 8.25. The lowest BCUT2D eigenvalue weighted by Gasteiger charge is -2.46. The Morgan fingerprint density at radius 3 is 2.50 bits per heavy atom. The number of hydrogen-bond acceptors (Lipinski definition) is 2. The number of rotatable bonds is 2. The highest BCUT2D eigenvalue weighted by Gasteiger charge is 2.42. The van der Waals surface area contributed by atoms with Gasteiger partial charge in [0.25, 0.3) is 0 Å². The molecule has 1 aliphatic heterocycles. The van der Waals surface area contributed by atoms with Crippen LogP contribution in [-0.4, -0.2) is 39.3 Å². The molecule has 4 heteroatoms. The molecule has 0 saturated heterocycles. The van der Waals surface area contributed by atoms with Gasteiger partial charge in [-0.05, 0) is 22.8 Å². The van der Waals surface area contributed by atoms with Gasteiger partial charge in [0.05, 0.1) is 34.9 Å². The lowest BCUT2D eigenvalue weighted by atomic mass is 9.75. The Morgan fingerprint density at radius 2 is 1.79 bits per heavy atom. The molecule has 0 spiro atoms. The van der Waals surface area contributed by atoms with Crippen LogP contribution < -0.4 is 33.5 Å². The van der Waals surface area contributed by atoms with E-state index in [1.54, 1.807) is 14.2 Å². The van der Waals surface area contributed by atoms with Crippen molar-refractivity contribution >= 4 is 0 Å². The first kappa shape index (κ1) is 17.5. The summed E-state index contributed by atoms with van der Waals surface area (Å²) in [4.78, 5) is 0. The number of halogens is 1. The first-order chi connectivity index (χ1) is 11.1. The number of nitrogens with zero attached hydrogens (tertiary/aromatic N) is 1. The van der Waals surface area contributed by atoms with Crippen LogP contribution in [0.1, 0.15) is 22.7 Å². The standard InChI is InChI=1S/C20H24NO2.HI/c1-21(2)10-9-14-12-17(22-3)20(23-4)19-15-8-6-5-7-13(15)11-16(21)18(14)19;/h5-8,12,16H,9-11H2,1-4H3;1H/q+1;/p-1.